The van der Waals surface area contributed by atoms with E-state index in [0.717, 1.165) is 51.3 Å². The Morgan fingerprint density at radius 2 is 2.17 bits per heavy atom. The summed E-state index contributed by atoms with van der Waals surface area (Å²) in [5, 5.41) is 0. The lowest BCUT2D eigenvalue weighted by atomic mass is 9.87. The average molecular weight is 247 g/mol. The molecule has 0 saturated carbocycles. The molecular formula is C15H21NO2. The molecule has 1 fully saturated rings. The number of hydrogen-bond acceptors (Lipinski definition) is 3. The van der Waals surface area contributed by atoms with Crippen molar-refractivity contribution in [3.8, 4) is 5.75 Å². The van der Waals surface area contributed by atoms with Crippen molar-refractivity contribution in [3.05, 3.63) is 29.3 Å². The van der Waals surface area contributed by atoms with Gasteiger partial charge in [-0.05, 0) is 31.2 Å². The van der Waals surface area contributed by atoms with E-state index in [1.54, 1.807) is 0 Å². The minimum Gasteiger partial charge on any atom is -0.493 e. The molecule has 0 amide bonds. The number of aryl methyl sites for hydroxylation is 1. The fourth-order valence-electron chi connectivity index (χ4n) is 2.98. The van der Waals surface area contributed by atoms with Crippen LogP contribution in [0.25, 0.3) is 0 Å². The summed E-state index contributed by atoms with van der Waals surface area (Å²) < 4.78 is 11.4. The molecule has 18 heavy (non-hydrogen) atoms. The molecule has 1 saturated heterocycles. The summed E-state index contributed by atoms with van der Waals surface area (Å²) in [7, 11) is 0. The van der Waals surface area contributed by atoms with E-state index >= 15 is 0 Å². The SMILES string of the molecule is NC(c1cccc2c1OCCC2)C1CCCOC1. The number of para-hydroxylation sites is 1. The van der Waals surface area contributed by atoms with Crippen LogP contribution in [0, 0.1) is 5.92 Å². The van der Waals surface area contributed by atoms with Gasteiger partial charge in [-0.15, -0.1) is 0 Å². The number of nitrogens with two attached hydrogens (primary N) is 1. The van der Waals surface area contributed by atoms with E-state index < -0.39 is 0 Å². The molecule has 3 rings (SSSR count). The van der Waals surface area contributed by atoms with Crippen LogP contribution in [0.4, 0.5) is 0 Å². The Balaban J connectivity index is 1.86. The van der Waals surface area contributed by atoms with Gasteiger partial charge >= 0.3 is 0 Å². The number of hydrogen-bond donors (Lipinski definition) is 1. The van der Waals surface area contributed by atoms with Crippen LogP contribution in [-0.4, -0.2) is 19.8 Å². The molecule has 1 aromatic carbocycles. The zero-order valence-electron chi connectivity index (χ0n) is 10.7. The van der Waals surface area contributed by atoms with Gasteiger partial charge in [0, 0.05) is 24.1 Å². The normalized spacial score (nSPS) is 25.1. The highest BCUT2D eigenvalue weighted by Gasteiger charge is 2.26. The van der Waals surface area contributed by atoms with Gasteiger partial charge in [-0.3, -0.25) is 0 Å². The summed E-state index contributed by atoms with van der Waals surface area (Å²) in [5.74, 6) is 1.47. The van der Waals surface area contributed by atoms with Crippen LogP contribution >= 0.6 is 0 Å². The molecule has 3 nitrogen and oxygen atoms in total. The largest absolute Gasteiger partial charge is 0.493 e. The maximum absolute atomic E-state index is 6.43. The molecule has 0 spiro atoms. The van der Waals surface area contributed by atoms with Crippen molar-refractivity contribution in [2.75, 3.05) is 19.8 Å². The zero-order chi connectivity index (χ0) is 12.4. The van der Waals surface area contributed by atoms with E-state index in [9.17, 15) is 0 Å². The van der Waals surface area contributed by atoms with Gasteiger partial charge in [0.2, 0.25) is 0 Å². The van der Waals surface area contributed by atoms with Crippen LogP contribution in [0.2, 0.25) is 0 Å². The molecule has 0 aromatic heterocycles. The van der Waals surface area contributed by atoms with Gasteiger partial charge in [-0.1, -0.05) is 18.2 Å². The monoisotopic (exact) mass is 247 g/mol. The summed E-state index contributed by atoms with van der Waals surface area (Å²) in [5.41, 5.74) is 8.91. The van der Waals surface area contributed by atoms with Crippen molar-refractivity contribution in [1.82, 2.24) is 0 Å². The fourth-order valence-corrected chi connectivity index (χ4v) is 2.98. The summed E-state index contributed by atoms with van der Waals surface area (Å²) in [4.78, 5) is 0. The van der Waals surface area contributed by atoms with E-state index in [4.69, 9.17) is 15.2 Å². The molecule has 0 radical (unpaired) electrons. The Morgan fingerprint density at radius 3 is 3.00 bits per heavy atom. The second-order valence-corrected chi connectivity index (χ2v) is 5.29. The predicted molar refractivity (Wildman–Crippen MR) is 70.7 cm³/mol. The van der Waals surface area contributed by atoms with Crippen LogP contribution in [-0.2, 0) is 11.2 Å². The number of ether oxygens (including phenoxy) is 2. The highest BCUT2D eigenvalue weighted by molar-refractivity contribution is 5.44. The molecule has 3 heteroatoms. The molecule has 2 aliphatic rings. The molecule has 2 atom stereocenters. The average Bonchev–Trinajstić information content (AvgIpc) is 2.47. The minimum atomic E-state index is 0.0401. The van der Waals surface area contributed by atoms with Gasteiger partial charge < -0.3 is 15.2 Å². The third-order valence-electron chi connectivity index (χ3n) is 4.03. The highest BCUT2D eigenvalue weighted by Crippen LogP contribution is 2.36. The summed E-state index contributed by atoms with van der Waals surface area (Å²) in [6.07, 6.45) is 4.49. The van der Waals surface area contributed by atoms with E-state index in [2.05, 4.69) is 18.2 Å². The third kappa shape index (κ3) is 2.25. The summed E-state index contributed by atoms with van der Waals surface area (Å²) >= 11 is 0. The molecule has 2 unspecified atom stereocenters. The van der Waals surface area contributed by atoms with E-state index in [-0.39, 0.29) is 6.04 Å². The first-order chi connectivity index (χ1) is 8.86. The Labute approximate surface area is 108 Å². The molecular weight excluding hydrogens is 226 g/mol. The minimum absolute atomic E-state index is 0.0401. The molecule has 1 aromatic rings. The molecule has 2 aliphatic heterocycles. The fraction of sp³-hybridized carbons (Fsp3) is 0.600. The van der Waals surface area contributed by atoms with E-state index in [1.807, 2.05) is 0 Å². The predicted octanol–water partition coefficient (Wildman–Crippen LogP) is 2.44. The van der Waals surface area contributed by atoms with Crippen molar-refractivity contribution in [3.63, 3.8) is 0 Å². The second kappa shape index (κ2) is 5.29. The van der Waals surface area contributed by atoms with Gasteiger partial charge in [0.15, 0.2) is 0 Å². The first-order valence-corrected chi connectivity index (χ1v) is 6.94. The Kier molecular flexibility index (Phi) is 3.52. The topological polar surface area (TPSA) is 44.5 Å². The first kappa shape index (κ1) is 12.0. The smallest absolute Gasteiger partial charge is 0.127 e. The van der Waals surface area contributed by atoms with Gasteiger partial charge in [0.1, 0.15) is 5.75 Å². The van der Waals surface area contributed by atoms with Crippen molar-refractivity contribution in [2.24, 2.45) is 11.7 Å². The van der Waals surface area contributed by atoms with Crippen LogP contribution in [0.5, 0.6) is 5.75 Å². The Bertz CT molecular complexity index is 413. The van der Waals surface area contributed by atoms with Gasteiger partial charge in [-0.25, -0.2) is 0 Å². The van der Waals surface area contributed by atoms with Crippen LogP contribution < -0.4 is 10.5 Å². The maximum atomic E-state index is 6.43. The number of fused-ring (bicyclic) bond motifs is 1. The maximum Gasteiger partial charge on any atom is 0.127 e. The number of benzene rings is 1. The van der Waals surface area contributed by atoms with Crippen molar-refractivity contribution in [2.45, 2.75) is 31.7 Å². The Morgan fingerprint density at radius 1 is 1.22 bits per heavy atom. The molecule has 98 valence electrons. The van der Waals surface area contributed by atoms with E-state index in [1.165, 1.54) is 11.1 Å². The molecule has 0 bridgehead atoms. The highest BCUT2D eigenvalue weighted by atomic mass is 16.5. The quantitative estimate of drug-likeness (QED) is 0.873. The second-order valence-electron chi connectivity index (χ2n) is 5.29. The molecule has 0 aliphatic carbocycles. The first-order valence-electron chi connectivity index (χ1n) is 6.94. The van der Waals surface area contributed by atoms with Gasteiger partial charge in [0.05, 0.1) is 13.2 Å². The lowest BCUT2D eigenvalue weighted by Gasteiger charge is -2.30. The van der Waals surface area contributed by atoms with Crippen LogP contribution in [0.15, 0.2) is 18.2 Å². The summed E-state index contributed by atoms with van der Waals surface area (Å²) in [6, 6.07) is 6.41. The third-order valence-corrected chi connectivity index (χ3v) is 4.03. The zero-order valence-corrected chi connectivity index (χ0v) is 10.7. The van der Waals surface area contributed by atoms with Crippen molar-refractivity contribution in [1.29, 1.82) is 0 Å². The lowest BCUT2D eigenvalue weighted by Crippen LogP contribution is -2.30. The van der Waals surface area contributed by atoms with E-state index in [0.29, 0.717) is 5.92 Å². The molecule has 2 N–H and O–H groups in total. The van der Waals surface area contributed by atoms with Crippen molar-refractivity contribution < 1.29 is 9.47 Å². The lowest BCUT2D eigenvalue weighted by molar-refractivity contribution is 0.0443. The summed E-state index contributed by atoms with van der Waals surface area (Å²) in [6.45, 7) is 2.48. The van der Waals surface area contributed by atoms with Crippen LogP contribution in [0.1, 0.15) is 36.4 Å². The molecule has 2 heterocycles. The standard InChI is InChI=1S/C15H21NO2/c16-14(12-6-2-8-17-10-12)13-7-1-4-11-5-3-9-18-15(11)13/h1,4,7,12,14H,2-3,5-6,8-10,16H2. The van der Waals surface area contributed by atoms with Crippen LogP contribution in [0.3, 0.4) is 0 Å². The van der Waals surface area contributed by atoms with Crippen molar-refractivity contribution >= 4 is 0 Å². The van der Waals surface area contributed by atoms with Gasteiger partial charge in [-0.2, -0.15) is 0 Å². The number of rotatable bonds is 2. The Hall–Kier alpha value is -1.06. The van der Waals surface area contributed by atoms with Gasteiger partial charge in [0.25, 0.3) is 0 Å².